The van der Waals surface area contributed by atoms with Gasteiger partial charge in [0.2, 0.25) is 0 Å². The van der Waals surface area contributed by atoms with E-state index in [0.717, 1.165) is 5.75 Å². The van der Waals surface area contributed by atoms with E-state index in [1.807, 2.05) is 11.8 Å². The van der Waals surface area contributed by atoms with Gasteiger partial charge >= 0.3 is 0 Å². The molecule has 14 heavy (non-hydrogen) atoms. The van der Waals surface area contributed by atoms with E-state index in [1.54, 1.807) is 0 Å². The highest BCUT2D eigenvalue weighted by Crippen LogP contribution is 2.49. The van der Waals surface area contributed by atoms with Gasteiger partial charge in [-0.2, -0.15) is 12.6 Å². The number of hydrogen-bond donors (Lipinski definition) is 1. The molecule has 0 N–H and O–H groups in total. The summed E-state index contributed by atoms with van der Waals surface area (Å²) in [6.07, 6.45) is 2.74. The quantitative estimate of drug-likeness (QED) is 0.599. The molecule has 0 radical (unpaired) electrons. The Morgan fingerprint density at radius 1 is 1.43 bits per heavy atom. The number of hydrogen-bond acceptors (Lipinski definition) is 2. The summed E-state index contributed by atoms with van der Waals surface area (Å²) >= 11 is 6.40. The van der Waals surface area contributed by atoms with E-state index < -0.39 is 0 Å². The van der Waals surface area contributed by atoms with Crippen LogP contribution < -0.4 is 0 Å². The second kappa shape index (κ2) is 4.19. The van der Waals surface area contributed by atoms with Gasteiger partial charge in [-0.05, 0) is 43.1 Å². The summed E-state index contributed by atoms with van der Waals surface area (Å²) in [5.74, 6) is 2.28. The van der Waals surface area contributed by atoms with E-state index in [1.165, 1.54) is 29.1 Å². The maximum absolute atomic E-state index is 4.42. The average Bonchev–Trinajstić information content (AvgIpc) is 2.96. The molecule has 1 aliphatic carbocycles. The highest BCUT2D eigenvalue weighted by molar-refractivity contribution is 7.99. The summed E-state index contributed by atoms with van der Waals surface area (Å²) in [6.45, 7) is 2.15. The molecule has 2 rings (SSSR count). The van der Waals surface area contributed by atoms with Crippen LogP contribution in [-0.2, 0) is 0 Å². The molecule has 0 atom stereocenters. The van der Waals surface area contributed by atoms with Gasteiger partial charge in [-0.1, -0.05) is 17.7 Å². The third-order valence-corrected chi connectivity index (χ3v) is 4.84. The van der Waals surface area contributed by atoms with Gasteiger partial charge in [0.25, 0.3) is 0 Å². The highest BCUT2D eigenvalue weighted by atomic mass is 32.2. The Labute approximate surface area is 95.9 Å². The Kier molecular flexibility index (Phi) is 3.13. The van der Waals surface area contributed by atoms with Crippen molar-refractivity contribution in [1.82, 2.24) is 0 Å². The fourth-order valence-corrected chi connectivity index (χ4v) is 3.35. The second-order valence-electron chi connectivity index (χ2n) is 4.26. The van der Waals surface area contributed by atoms with Crippen molar-refractivity contribution in [3.8, 4) is 0 Å². The summed E-state index contributed by atoms with van der Waals surface area (Å²) in [5.41, 5.74) is 1.92. The van der Waals surface area contributed by atoms with Gasteiger partial charge < -0.3 is 0 Å². The summed E-state index contributed by atoms with van der Waals surface area (Å²) < 4.78 is 0. The smallest absolute Gasteiger partial charge is 0.00747 e. The van der Waals surface area contributed by atoms with Gasteiger partial charge in [-0.25, -0.2) is 0 Å². The Hall–Kier alpha value is -0.0800. The van der Waals surface area contributed by atoms with Crippen LogP contribution in [-0.4, -0.2) is 11.5 Å². The van der Waals surface area contributed by atoms with Crippen molar-refractivity contribution in [2.45, 2.75) is 24.7 Å². The SMILES string of the molecule is Cc1cccc(SCC2(CS)CC2)c1. The van der Waals surface area contributed by atoms with Gasteiger partial charge in [-0.15, -0.1) is 11.8 Å². The third kappa shape index (κ3) is 2.48. The Morgan fingerprint density at radius 2 is 2.21 bits per heavy atom. The molecule has 1 aromatic carbocycles. The van der Waals surface area contributed by atoms with Gasteiger partial charge in [0.15, 0.2) is 0 Å². The molecule has 1 saturated carbocycles. The van der Waals surface area contributed by atoms with Gasteiger partial charge in [0.1, 0.15) is 0 Å². The molecule has 0 aliphatic heterocycles. The van der Waals surface area contributed by atoms with Crippen molar-refractivity contribution in [3.63, 3.8) is 0 Å². The summed E-state index contributed by atoms with van der Waals surface area (Å²) in [4.78, 5) is 1.40. The first-order chi connectivity index (χ1) is 6.74. The zero-order valence-corrected chi connectivity index (χ0v) is 10.2. The lowest BCUT2D eigenvalue weighted by molar-refractivity contribution is 0.683. The van der Waals surface area contributed by atoms with E-state index in [9.17, 15) is 0 Å². The minimum absolute atomic E-state index is 0.567. The van der Waals surface area contributed by atoms with Crippen molar-refractivity contribution in [3.05, 3.63) is 29.8 Å². The number of thiol groups is 1. The fraction of sp³-hybridized carbons (Fsp3) is 0.500. The van der Waals surface area contributed by atoms with E-state index >= 15 is 0 Å². The molecule has 1 aromatic rings. The largest absolute Gasteiger partial charge is 0.179 e. The number of thioether (sulfide) groups is 1. The molecule has 0 aromatic heterocycles. The Bertz CT molecular complexity index is 316. The molecule has 0 saturated heterocycles. The molecular formula is C12H16S2. The van der Waals surface area contributed by atoms with Crippen molar-refractivity contribution in [1.29, 1.82) is 0 Å². The van der Waals surface area contributed by atoms with Crippen molar-refractivity contribution in [2.75, 3.05) is 11.5 Å². The number of rotatable bonds is 4. The lowest BCUT2D eigenvalue weighted by atomic mass is 10.2. The van der Waals surface area contributed by atoms with Crippen molar-refractivity contribution < 1.29 is 0 Å². The zero-order chi connectivity index (χ0) is 10.0. The first kappa shape index (κ1) is 10.4. The highest BCUT2D eigenvalue weighted by Gasteiger charge is 2.40. The maximum atomic E-state index is 4.42. The zero-order valence-electron chi connectivity index (χ0n) is 8.49. The Balaban J connectivity index is 1.92. The topological polar surface area (TPSA) is 0 Å². The van der Waals surface area contributed by atoms with Crippen LogP contribution in [0.5, 0.6) is 0 Å². The predicted molar refractivity (Wildman–Crippen MR) is 67.4 cm³/mol. The van der Waals surface area contributed by atoms with E-state index in [-0.39, 0.29) is 0 Å². The van der Waals surface area contributed by atoms with Crippen LogP contribution in [0.15, 0.2) is 29.2 Å². The first-order valence-corrected chi connectivity index (χ1v) is 6.66. The lowest BCUT2D eigenvalue weighted by Gasteiger charge is -2.10. The molecule has 76 valence electrons. The van der Waals surface area contributed by atoms with Gasteiger partial charge in [-0.3, -0.25) is 0 Å². The van der Waals surface area contributed by atoms with E-state index in [4.69, 9.17) is 0 Å². The number of aryl methyl sites for hydroxylation is 1. The monoisotopic (exact) mass is 224 g/mol. The molecule has 2 heteroatoms. The minimum atomic E-state index is 0.567. The Morgan fingerprint density at radius 3 is 2.79 bits per heavy atom. The molecule has 0 unspecified atom stereocenters. The fourth-order valence-electron chi connectivity index (χ4n) is 1.47. The number of benzene rings is 1. The minimum Gasteiger partial charge on any atom is -0.179 e. The molecular weight excluding hydrogens is 208 g/mol. The lowest BCUT2D eigenvalue weighted by Crippen LogP contribution is -2.05. The normalized spacial score (nSPS) is 18.1. The van der Waals surface area contributed by atoms with Gasteiger partial charge in [0, 0.05) is 10.6 Å². The average molecular weight is 224 g/mol. The first-order valence-electron chi connectivity index (χ1n) is 5.04. The van der Waals surface area contributed by atoms with Crippen LogP contribution in [0.25, 0.3) is 0 Å². The molecule has 0 spiro atoms. The standard InChI is InChI=1S/C12H16S2/c1-10-3-2-4-11(7-10)14-9-12(8-13)5-6-12/h2-4,7,13H,5-6,8-9H2,1H3. The molecule has 0 heterocycles. The van der Waals surface area contributed by atoms with Crippen LogP contribution >= 0.6 is 24.4 Å². The van der Waals surface area contributed by atoms with Crippen LogP contribution in [0.3, 0.4) is 0 Å². The third-order valence-electron chi connectivity index (χ3n) is 2.83. The molecule has 0 bridgehead atoms. The molecule has 1 fully saturated rings. The van der Waals surface area contributed by atoms with E-state index in [0.29, 0.717) is 5.41 Å². The van der Waals surface area contributed by atoms with Crippen molar-refractivity contribution in [2.24, 2.45) is 5.41 Å². The maximum Gasteiger partial charge on any atom is 0.00747 e. The van der Waals surface area contributed by atoms with Crippen LogP contribution in [0.1, 0.15) is 18.4 Å². The van der Waals surface area contributed by atoms with Crippen LogP contribution in [0.2, 0.25) is 0 Å². The van der Waals surface area contributed by atoms with Crippen molar-refractivity contribution >= 4 is 24.4 Å². The van der Waals surface area contributed by atoms with Crippen LogP contribution in [0, 0.1) is 12.3 Å². The van der Waals surface area contributed by atoms with E-state index in [2.05, 4.69) is 43.8 Å². The molecule has 0 amide bonds. The second-order valence-corrected chi connectivity index (χ2v) is 5.63. The summed E-state index contributed by atoms with van der Waals surface area (Å²) in [5, 5.41) is 0. The van der Waals surface area contributed by atoms with Crippen LogP contribution in [0.4, 0.5) is 0 Å². The summed E-state index contributed by atoms with van der Waals surface area (Å²) in [7, 11) is 0. The molecule has 1 aliphatic rings. The predicted octanol–water partition coefficient (Wildman–Crippen LogP) is 3.80. The molecule has 0 nitrogen and oxygen atoms in total. The van der Waals surface area contributed by atoms with Gasteiger partial charge in [0.05, 0.1) is 0 Å². The summed E-state index contributed by atoms with van der Waals surface area (Å²) in [6, 6.07) is 8.75.